The highest BCUT2D eigenvalue weighted by molar-refractivity contribution is 5.84. The van der Waals surface area contributed by atoms with E-state index in [1.165, 1.54) is 0 Å². The van der Waals surface area contributed by atoms with E-state index in [9.17, 15) is 4.79 Å². The summed E-state index contributed by atoms with van der Waals surface area (Å²) in [4.78, 5) is 20.1. The number of aromatic nitrogens is 3. The fourth-order valence-electron chi connectivity index (χ4n) is 1.82. The number of carbonyl (C=O) groups excluding carboxylic acids is 1. The van der Waals surface area contributed by atoms with Crippen molar-refractivity contribution < 1.29 is 14.3 Å². The second kappa shape index (κ2) is 6.05. The van der Waals surface area contributed by atoms with Crippen LogP contribution in [0.4, 0.5) is 10.6 Å². The van der Waals surface area contributed by atoms with Gasteiger partial charge in [-0.1, -0.05) is 0 Å². The van der Waals surface area contributed by atoms with E-state index in [4.69, 9.17) is 9.47 Å². The lowest BCUT2D eigenvalue weighted by atomic mass is 10.2. The Bertz CT molecular complexity index is 674. The van der Waals surface area contributed by atoms with Gasteiger partial charge >= 0.3 is 6.09 Å². The quantitative estimate of drug-likeness (QED) is 0.943. The Labute approximate surface area is 129 Å². The number of carbonyl (C=O) groups is 1. The van der Waals surface area contributed by atoms with Crippen LogP contribution in [0.15, 0.2) is 24.8 Å². The number of aryl methyl sites for hydroxylation is 1. The van der Waals surface area contributed by atoms with E-state index in [0.29, 0.717) is 11.6 Å². The number of ether oxygens (including phenoxy) is 2. The van der Waals surface area contributed by atoms with Crippen LogP contribution in [0.3, 0.4) is 0 Å². The number of methoxy groups -OCH3 is 1. The molecule has 0 spiro atoms. The lowest BCUT2D eigenvalue weighted by Crippen LogP contribution is -2.27. The summed E-state index contributed by atoms with van der Waals surface area (Å²) in [6, 6.07) is 1.63. The standard InChI is InChI=1S/C15H20N4O3/c1-10-8-19(9-17-10)11-7-16-13(6-12(11)21-5)18-14(20)22-15(2,3)4/h6-9H,1-5H3,(H,16,18,20). The van der Waals surface area contributed by atoms with Crippen molar-refractivity contribution in [1.29, 1.82) is 0 Å². The van der Waals surface area contributed by atoms with E-state index in [1.54, 1.807) is 51.0 Å². The molecule has 0 fully saturated rings. The van der Waals surface area contributed by atoms with Gasteiger partial charge < -0.3 is 14.0 Å². The molecule has 2 aromatic rings. The Hall–Kier alpha value is -2.57. The van der Waals surface area contributed by atoms with Gasteiger partial charge in [-0.3, -0.25) is 5.32 Å². The number of anilines is 1. The third-order valence-corrected chi connectivity index (χ3v) is 2.68. The van der Waals surface area contributed by atoms with Crippen molar-refractivity contribution in [3.8, 4) is 11.4 Å². The number of nitrogens with zero attached hydrogens (tertiary/aromatic N) is 3. The first kappa shape index (κ1) is 15.8. The molecule has 2 aromatic heterocycles. The zero-order valence-electron chi connectivity index (χ0n) is 13.4. The summed E-state index contributed by atoms with van der Waals surface area (Å²) in [6.07, 6.45) is 4.58. The van der Waals surface area contributed by atoms with Crippen LogP contribution in [-0.2, 0) is 4.74 Å². The first-order valence-electron chi connectivity index (χ1n) is 6.83. The number of nitrogens with one attached hydrogen (secondary N) is 1. The maximum absolute atomic E-state index is 11.8. The smallest absolute Gasteiger partial charge is 0.413 e. The van der Waals surface area contributed by atoms with Crippen LogP contribution in [0.5, 0.6) is 5.75 Å². The predicted octanol–water partition coefficient (Wildman–Crippen LogP) is 2.93. The van der Waals surface area contributed by atoms with Crippen LogP contribution in [0.1, 0.15) is 26.5 Å². The molecule has 0 unspecified atom stereocenters. The molecule has 0 saturated heterocycles. The number of pyridine rings is 1. The monoisotopic (exact) mass is 304 g/mol. The molecular weight excluding hydrogens is 284 g/mol. The average molecular weight is 304 g/mol. The van der Waals surface area contributed by atoms with Crippen LogP contribution in [-0.4, -0.2) is 33.3 Å². The molecule has 7 heteroatoms. The minimum atomic E-state index is -0.567. The minimum Gasteiger partial charge on any atom is -0.494 e. The summed E-state index contributed by atoms with van der Waals surface area (Å²) in [5, 5.41) is 2.58. The van der Waals surface area contributed by atoms with Gasteiger partial charge in [0.1, 0.15) is 22.9 Å². The molecule has 2 rings (SSSR count). The Morgan fingerprint density at radius 2 is 2.05 bits per heavy atom. The molecule has 0 aliphatic carbocycles. The highest BCUT2D eigenvalue weighted by atomic mass is 16.6. The van der Waals surface area contributed by atoms with Gasteiger partial charge in [-0.2, -0.15) is 0 Å². The third kappa shape index (κ3) is 3.97. The maximum Gasteiger partial charge on any atom is 0.413 e. The molecule has 0 aliphatic heterocycles. The molecule has 2 heterocycles. The van der Waals surface area contributed by atoms with Gasteiger partial charge in [-0.05, 0) is 27.7 Å². The van der Waals surface area contributed by atoms with E-state index in [0.717, 1.165) is 11.4 Å². The summed E-state index contributed by atoms with van der Waals surface area (Å²) in [6.45, 7) is 7.29. The molecule has 0 aliphatic rings. The van der Waals surface area contributed by atoms with Crippen LogP contribution in [0.2, 0.25) is 0 Å². The van der Waals surface area contributed by atoms with E-state index in [1.807, 2.05) is 13.1 Å². The first-order chi connectivity index (χ1) is 10.3. The van der Waals surface area contributed by atoms with Gasteiger partial charge in [0.2, 0.25) is 0 Å². The number of hydrogen-bond acceptors (Lipinski definition) is 5. The van der Waals surface area contributed by atoms with E-state index in [2.05, 4.69) is 15.3 Å². The Balaban J connectivity index is 2.21. The van der Waals surface area contributed by atoms with Gasteiger partial charge in [0, 0.05) is 12.3 Å². The minimum absolute atomic E-state index is 0.353. The highest BCUT2D eigenvalue weighted by Gasteiger charge is 2.17. The molecule has 0 radical (unpaired) electrons. The van der Waals surface area contributed by atoms with Crippen molar-refractivity contribution in [2.45, 2.75) is 33.3 Å². The molecule has 0 saturated carbocycles. The SMILES string of the molecule is COc1cc(NC(=O)OC(C)(C)C)ncc1-n1cnc(C)c1. The van der Waals surface area contributed by atoms with Gasteiger partial charge in [0.15, 0.2) is 0 Å². The normalized spacial score (nSPS) is 11.1. The van der Waals surface area contributed by atoms with Gasteiger partial charge in [-0.25, -0.2) is 14.8 Å². The van der Waals surface area contributed by atoms with Crippen molar-refractivity contribution in [2.24, 2.45) is 0 Å². The lowest BCUT2D eigenvalue weighted by Gasteiger charge is -2.19. The molecule has 1 amide bonds. The zero-order valence-corrected chi connectivity index (χ0v) is 13.4. The molecule has 0 aromatic carbocycles. The van der Waals surface area contributed by atoms with Crippen LogP contribution in [0, 0.1) is 6.92 Å². The van der Waals surface area contributed by atoms with Crippen molar-refractivity contribution in [2.75, 3.05) is 12.4 Å². The topological polar surface area (TPSA) is 78.3 Å². The van der Waals surface area contributed by atoms with E-state index in [-0.39, 0.29) is 0 Å². The lowest BCUT2D eigenvalue weighted by molar-refractivity contribution is 0.0635. The van der Waals surface area contributed by atoms with Crippen LogP contribution in [0.25, 0.3) is 5.69 Å². The van der Waals surface area contributed by atoms with Crippen molar-refractivity contribution in [1.82, 2.24) is 14.5 Å². The molecule has 22 heavy (non-hydrogen) atoms. The molecule has 1 N–H and O–H groups in total. The predicted molar refractivity (Wildman–Crippen MR) is 82.5 cm³/mol. The molecule has 0 atom stereocenters. The third-order valence-electron chi connectivity index (χ3n) is 2.68. The maximum atomic E-state index is 11.8. The average Bonchev–Trinajstić information content (AvgIpc) is 2.82. The van der Waals surface area contributed by atoms with Crippen molar-refractivity contribution in [3.63, 3.8) is 0 Å². The first-order valence-corrected chi connectivity index (χ1v) is 6.83. The number of hydrogen-bond donors (Lipinski definition) is 1. The molecule has 0 bridgehead atoms. The fourth-order valence-corrected chi connectivity index (χ4v) is 1.82. The van der Waals surface area contributed by atoms with E-state index >= 15 is 0 Å². The summed E-state index contributed by atoms with van der Waals surface area (Å²) in [7, 11) is 1.56. The van der Waals surface area contributed by atoms with Crippen LogP contribution >= 0.6 is 0 Å². The number of rotatable bonds is 3. The molecule has 7 nitrogen and oxygen atoms in total. The summed E-state index contributed by atoms with van der Waals surface area (Å²) in [5.74, 6) is 0.921. The molecular formula is C15H20N4O3. The Kier molecular flexibility index (Phi) is 4.35. The largest absolute Gasteiger partial charge is 0.494 e. The van der Waals surface area contributed by atoms with Crippen LogP contribution < -0.4 is 10.1 Å². The van der Waals surface area contributed by atoms with Gasteiger partial charge in [-0.15, -0.1) is 0 Å². The Morgan fingerprint density at radius 3 is 2.59 bits per heavy atom. The summed E-state index contributed by atoms with van der Waals surface area (Å²) >= 11 is 0. The highest BCUT2D eigenvalue weighted by Crippen LogP contribution is 2.25. The number of amides is 1. The van der Waals surface area contributed by atoms with Crippen molar-refractivity contribution >= 4 is 11.9 Å². The summed E-state index contributed by atoms with van der Waals surface area (Å²) in [5.41, 5.74) is 1.05. The summed E-state index contributed by atoms with van der Waals surface area (Å²) < 4.78 is 12.3. The Morgan fingerprint density at radius 1 is 1.32 bits per heavy atom. The zero-order chi connectivity index (χ0) is 16.3. The van der Waals surface area contributed by atoms with Crippen molar-refractivity contribution in [3.05, 3.63) is 30.5 Å². The second-order valence-corrected chi connectivity index (χ2v) is 5.79. The van der Waals surface area contributed by atoms with E-state index < -0.39 is 11.7 Å². The van der Waals surface area contributed by atoms with Gasteiger partial charge in [0.05, 0.1) is 25.3 Å². The fraction of sp³-hybridized carbons (Fsp3) is 0.400. The molecule has 118 valence electrons. The second-order valence-electron chi connectivity index (χ2n) is 5.79. The number of imidazole rings is 1. The van der Waals surface area contributed by atoms with Gasteiger partial charge in [0.25, 0.3) is 0 Å².